The predicted octanol–water partition coefficient (Wildman–Crippen LogP) is 2.62. The first-order valence-corrected chi connectivity index (χ1v) is 5.21. The lowest BCUT2D eigenvalue weighted by atomic mass is 10.1. The molecular weight excluding hydrogens is 186 g/mol. The van der Waals surface area contributed by atoms with Crippen molar-refractivity contribution in [2.75, 3.05) is 6.54 Å². The standard InChI is InChI=1S/C13H17NO/c1-3-13(15)14-10-11(2)9-12-7-5-4-6-8-12/h4-9H,3,10H2,1-2H3,(H,14,15)/b11-9-. The highest BCUT2D eigenvalue weighted by atomic mass is 16.1. The largest absolute Gasteiger partial charge is 0.352 e. The first-order valence-electron chi connectivity index (χ1n) is 5.21. The van der Waals surface area contributed by atoms with Crippen LogP contribution in [0.2, 0.25) is 0 Å². The number of nitrogens with one attached hydrogen (secondary N) is 1. The molecule has 0 spiro atoms. The topological polar surface area (TPSA) is 29.1 Å². The maximum atomic E-state index is 11.0. The number of hydrogen-bond acceptors (Lipinski definition) is 1. The maximum Gasteiger partial charge on any atom is 0.219 e. The van der Waals surface area contributed by atoms with Crippen LogP contribution in [0.3, 0.4) is 0 Å². The summed E-state index contributed by atoms with van der Waals surface area (Å²) in [7, 11) is 0. The molecule has 15 heavy (non-hydrogen) atoms. The van der Waals surface area contributed by atoms with Crippen LogP contribution in [-0.2, 0) is 4.79 Å². The van der Waals surface area contributed by atoms with Gasteiger partial charge in [0.05, 0.1) is 0 Å². The third-order valence-electron chi connectivity index (χ3n) is 2.10. The number of amides is 1. The zero-order chi connectivity index (χ0) is 11.1. The van der Waals surface area contributed by atoms with E-state index in [1.54, 1.807) is 0 Å². The molecule has 2 heteroatoms. The normalized spacial score (nSPS) is 11.2. The summed E-state index contributed by atoms with van der Waals surface area (Å²) >= 11 is 0. The Morgan fingerprint density at radius 1 is 1.33 bits per heavy atom. The lowest BCUT2D eigenvalue weighted by Gasteiger charge is -2.03. The van der Waals surface area contributed by atoms with E-state index >= 15 is 0 Å². The second kappa shape index (κ2) is 6.02. The van der Waals surface area contributed by atoms with Gasteiger partial charge in [0.1, 0.15) is 0 Å². The van der Waals surface area contributed by atoms with Gasteiger partial charge in [-0.2, -0.15) is 0 Å². The Morgan fingerprint density at radius 2 is 2.00 bits per heavy atom. The fraction of sp³-hybridized carbons (Fsp3) is 0.308. The lowest BCUT2D eigenvalue weighted by molar-refractivity contribution is -0.120. The highest BCUT2D eigenvalue weighted by Gasteiger charge is 1.96. The molecule has 0 aliphatic carbocycles. The molecule has 0 aliphatic rings. The summed E-state index contributed by atoms with van der Waals surface area (Å²) in [6, 6.07) is 10.1. The average Bonchev–Trinajstić information content (AvgIpc) is 2.27. The Labute approximate surface area is 91.0 Å². The minimum absolute atomic E-state index is 0.0933. The van der Waals surface area contributed by atoms with Gasteiger partial charge >= 0.3 is 0 Å². The van der Waals surface area contributed by atoms with Crippen molar-refractivity contribution in [1.82, 2.24) is 5.32 Å². The van der Waals surface area contributed by atoms with Crippen molar-refractivity contribution in [3.05, 3.63) is 41.5 Å². The highest BCUT2D eigenvalue weighted by Crippen LogP contribution is 2.04. The molecule has 0 saturated carbocycles. The summed E-state index contributed by atoms with van der Waals surface area (Å²) in [6.45, 7) is 4.50. The van der Waals surface area contributed by atoms with Gasteiger partial charge in [0.25, 0.3) is 0 Å². The maximum absolute atomic E-state index is 11.0. The second-order valence-electron chi connectivity index (χ2n) is 3.53. The lowest BCUT2D eigenvalue weighted by Crippen LogP contribution is -2.23. The van der Waals surface area contributed by atoms with Crippen LogP contribution >= 0.6 is 0 Å². The van der Waals surface area contributed by atoms with Gasteiger partial charge in [0.15, 0.2) is 0 Å². The first kappa shape index (κ1) is 11.5. The predicted molar refractivity (Wildman–Crippen MR) is 63.4 cm³/mol. The summed E-state index contributed by atoms with van der Waals surface area (Å²) < 4.78 is 0. The molecular formula is C13H17NO. The number of carbonyl (C=O) groups is 1. The van der Waals surface area contributed by atoms with Crippen LogP contribution in [-0.4, -0.2) is 12.5 Å². The van der Waals surface area contributed by atoms with Gasteiger partial charge in [-0.1, -0.05) is 48.9 Å². The molecule has 0 radical (unpaired) electrons. The van der Waals surface area contributed by atoms with Crippen molar-refractivity contribution in [2.45, 2.75) is 20.3 Å². The van der Waals surface area contributed by atoms with Crippen LogP contribution in [0.15, 0.2) is 35.9 Å². The smallest absolute Gasteiger partial charge is 0.219 e. The molecule has 0 aliphatic heterocycles. The minimum Gasteiger partial charge on any atom is -0.352 e. The molecule has 1 rings (SSSR count). The Bertz CT molecular complexity index is 341. The summed E-state index contributed by atoms with van der Waals surface area (Å²) in [5.74, 6) is 0.0933. The summed E-state index contributed by atoms with van der Waals surface area (Å²) in [5, 5.41) is 2.85. The zero-order valence-corrected chi connectivity index (χ0v) is 9.29. The van der Waals surface area contributed by atoms with Crippen LogP contribution in [0.5, 0.6) is 0 Å². The summed E-state index contributed by atoms with van der Waals surface area (Å²) in [4.78, 5) is 11.0. The average molecular weight is 203 g/mol. The molecule has 1 amide bonds. The third kappa shape index (κ3) is 4.45. The van der Waals surface area contributed by atoms with Crippen LogP contribution < -0.4 is 5.32 Å². The molecule has 80 valence electrons. The van der Waals surface area contributed by atoms with Gasteiger partial charge in [-0.05, 0) is 12.5 Å². The van der Waals surface area contributed by atoms with Crippen molar-refractivity contribution in [1.29, 1.82) is 0 Å². The Hall–Kier alpha value is -1.57. The SMILES string of the molecule is CCC(=O)NC/C(C)=C\c1ccccc1. The van der Waals surface area contributed by atoms with Crippen molar-refractivity contribution in [3.8, 4) is 0 Å². The first-order chi connectivity index (χ1) is 7.22. The van der Waals surface area contributed by atoms with Gasteiger partial charge < -0.3 is 5.32 Å². The van der Waals surface area contributed by atoms with Gasteiger partial charge in [-0.3, -0.25) is 4.79 Å². The molecule has 0 aromatic heterocycles. The molecule has 0 saturated heterocycles. The monoisotopic (exact) mass is 203 g/mol. The van der Waals surface area contributed by atoms with Crippen molar-refractivity contribution >= 4 is 12.0 Å². The van der Waals surface area contributed by atoms with E-state index in [0.29, 0.717) is 13.0 Å². The Balaban J connectivity index is 2.50. The molecule has 0 fully saturated rings. The molecule has 0 heterocycles. The Kier molecular flexibility index (Phi) is 4.61. The molecule has 1 N–H and O–H groups in total. The fourth-order valence-corrected chi connectivity index (χ4v) is 1.25. The van der Waals surface area contributed by atoms with E-state index in [2.05, 4.69) is 11.4 Å². The summed E-state index contributed by atoms with van der Waals surface area (Å²) in [6.07, 6.45) is 2.62. The van der Waals surface area contributed by atoms with E-state index in [0.717, 1.165) is 5.57 Å². The number of carbonyl (C=O) groups excluding carboxylic acids is 1. The van der Waals surface area contributed by atoms with E-state index in [4.69, 9.17) is 0 Å². The molecule has 0 bridgehead atoms. The number of rotatable bonds is 4. The summed E-state index contributed by atoms with van der Waals surface area (Å²) in [5.41, 5.74) is 2.32. The van der Waals surface area contributed by atoms with Crippen LogP contribution in [0.25, 0.3) is 6.08 Å². The number of hydrogen-bond donors (Lipinski definition) is 1. The van der Waals surface area contributed by atoms with Crippen molar-refractivity contribution in [3.63, 3.8) is 0 Å². The molecule has 0 atom stereocenters. The Morgan fingerprint density at radius 3 is 2.60 bits per heavy atom. The van der Waals surface area contributed by atoms with E-state index < -0.39 is 0 Å². The van der Waals surface area contributed by atoms with E-state index in [1.165, 1.54) is 5.56 Å². The van der Waals surface area contributed by atoms with Crippen molar-refractivity contribution < 1.29 is 4.79 Å². The zero-order valence-electron chi connectivity index (χ0n) is 9.29. The van der Waals surface area contributed by atoms with E-state index in [1.807, 2.05) is 44.2 Å². The molecule has 0 unspecified atom stereocenters. The van der Waals surface area contributed by atoms with Crippen LogP contribution in [0.4, 0.5) is 0 Å². The molecule has 1 aromatic rings. The van der Waals surface area contributed by atoms with Gasteiger partial charge in [-0.15, -0.1) is 0 Å². The van der Waals surface area contributed by atoms with E-state index in [-0.39, 0.29) is 5.91 Å². The second-order valence-corrected chi connectivity index (χ2v) is 3.53. The molecule has 2 nitrogen and oxygen atoms in total. The van der Waals surface area contributed by atoms with Gasteiger partial charge in [0.2, 0.25) is 5.91 Å². The van der Waals surface area contributed by atoms with Gasteiger partial charge in [-0.25, -0.2) is 0 Å². The minimum atomic E-state index is 0.0933. The van der Waals surface area contributed by atoms with Crippen LogP contribution in [0.1, 0.15) is 25.8 Å². The molecule has 1 aromatic carbocycles. The number of benzene rings is 1. The van der Waals surface area contributed by atoms with Gasteiger partial charge in [0, 0.05) is 13.0 Å². The highest BCUT2D eigenvalue weighted by molar-refractivity contribution is 5.76. The fourth-order valence-electron chi connectivity index (χ4n) is 1.25. The van der Waals surface area contributed by atoms with Crippen LogP contribution in [0, 0.1) is 0 Å². The van der Waals surface area contributed by atoms with E-state index in [9.17, 15) is 4.79 Å². The third-order valence-corrected chi connectivity index (χ3v) is 2.10. The quantitative estimate of drug-likeness (QED) is 0.800. The van der Waals surface area contributed by atoms with Crippen molar-refractivity contribution in [2.24, 2.45) is 0 Å².